The van der Waals surface area contributed by atoms with Gasteiger partial charge in [0, 0.05) is 32.0 Å². The molecule has 0 spiro atoms. The van der Waals surface area contributed by atoms with Crippen molar-refractivity contribution in [3.05, 3.63) is 59.7 Å². The standard InChI is InChI=1S/C27H32N2O5/c1-27(25(31)32)13-16-29(17-14-27)24(30)12-6-7-15-28-26(33)34-18-23-21-10-4-2-8-19(21)20-9-3-5-11-22(20)23/h2-5,8-11,23H,6-7,12-18H2,1H3,(H,28,33)(H,31,32). The second kappa shape index (κ2) is 10.3. The molecule has 2 aliphatic rings. The minimum Gasteiger partial charge on any atom is -0.481 e. The fourth-order valence-corrected chi connectivity index (χ4v) is 4.86. The molecule has 7 nitrogen and oxygen atoms in total. The maximum absolute atomic E-state index is 12.4. The molecular weight excluding hydrogens is 432 g/mol. The second-order valence-electron chi connectivity index (χ2n) is 9.46. The van der Waals surface area contributed by atoms with Crippen molar-refractivity contribution in [1.82, 2.24) is 10.2 Å². The number of unbranched alkanes of at least 4 members (excludes halogenated alkanes) is 1. The molecule has 0 bridgehead atoms. The van der Waals surface area contributed by atoms with Crippen LogP contribution in [0.1, 0.15) is 56.1 Å². The maximum atomic E-state index is 12.4. The van der Waals surface area contributed by atoms with Gasteiger partial charge in [-0.05, 0) is 54.9 Å². The first kappa shape index (κ1) is 23.8. The van der Waals surface area contributed by atoms with Gasteiger partial charge in [-0.2, -0.15) is 0 Å². The summed E-state index contributed by atoms with van der Waals surface area (Å²) in [6.45, 7) is 3.44. The molecule has 7 heteroatoms. The van der Waals surface area contributed by atoms with Gasteiger partial charge in [0.1, 0.15) is 6.61 Å². The molecule has 0 aromatic heterocycles. The number of carboxylic acid groups (broad SMARTS) is 1. The van der Waals surface area contributed by atoms with E-state index in [0.29, 0.717) is 51.7 Å². The molecule has 1 aliphatic heterocycles. The zero-order valence-electron chi connectivity index (χ0n) is 19.6. The smallest absolute Gasteiger partial charge is 0.407 e. The first-order valence-corrected chi connectivity index (χ1v) is 12.0. The van der Waals surface area contributed by atoms with Crippen molar-refractivity contribution < 1.29 is 24.2 Å². The van der Waals surface area contributed by atoms with E-state index in [1.807, 2.05) is 24.3 Å². The van der Waals surface area contributed by atoms with Gasteiger partial charge in [0.2, 0.25) is 5.91 Å². The van der Waals surface area contributed by atoms with E-state index in [1.54, 1.807) is 11.8 Å². The zero-order valence-corrected chi connectivity index (χ0v) is 19.6. The lowest BCUT2D eigenvalue weighted by Gasteiger charge is -2.36. The molecule has 1 fully saturated rings. The molecule has 2 aromatic rings. The highest BCUT2D eigenvalue weighted by atomic mass is 16.5. The molecule has 2 amide bonds. The van der Waals surface area contributed by atoms with Crippen LogP contribution >= 0.6 is 0 Å². The van der Waals surface area contributed by atoms with Gasteiger partial charge in [-0.3, -0.25) is 9.59 Å². The molecular formula is C27H32N2O5. The van der Waals surface area contributed by atoms with Crippen molar-refractivity contribution in [1.29, 1.82) is 0 Å². The van der Waals surface area contributed by atoms with Crippen molar-refractivity contribution in [3.8, 4) is 11.1 Å². The number of hydrogen-bond donors (Lipinski definition) is 2. The number of carbonyl (C=O) groups is 3. The predicted octanol–water partition coefficient (Wildman–Crippen LogP) is 4.41. The topological polar surface area (TPSA) is 95.9 Å². The summed E-state index contributed by atoms with van der Waals surface area (Å²) >= 11 is 0. The van der Waals surface area contributed by atoms with Gasteiger partial charge in [0.05, 0.1) is 5.41 Å². The van der Waals surface area contributed by atoms with Gasteiger partial charge in [-0.1, -0.05) is 48.5 Å². The van der Waals surface area contributed by atoms with E-state index in [4.69, 9.17) is 4.74 Å². The number of rotatable bonds is 8. The Hall–Kier alpha value is -3.35. The summed E-state index contributed by atoms with van der Waals surface area (Å²) in [4.78, 5) is 37.7. The van der Waals surface area contributed by atoms with Crippen LogP contribution < -0.4 is 5.32 Å². The Labute approximate surface area is 200 Å². The number of benzene rings is 2. The molecule has 2 N–H and O–H groups in total. The third kappa shape index (κ3) is 5.08. The van der Waals surface area contributed by atoms with Crippen molar-refractivity contribution in [3.63, 3.8) is 0 Å². The molecule has 0 radical (unpaired) electrons. The molecule has 0 atom stereocenters. The SMILES string of the molecule is CC1(C(=O)O)CCN(C(=O)CCCCNC(=O)OCC2c3ccccc3-c3ccccc32)CC1. The summed E-state index contributed by atoms with van der Waals surface area (Å²) in [6.07, 6.45) is 2.26. The largest absolute Gasteiger partial charge is 0.481 e. The number of ether oxygens (including phenoxy) is 1. The molecule has 1 saturated heterocycles. The molecule has 34 heavy (non-hydrogen) atoms. The number of alkyl carbamates (subject to hydrolysis) is 1. The van der Waals surface area contributed by atoms with E-state index >= 15 is 0 Å². The number of carbonyl (C=O) groups excluding carboxylic acids is 2. The Morgan fingerprint density at radius 1 is 1.00 bits per heavy atom. The Bertz CT molecular complexity index is 1010. The zero-order chi connectivity index (χ0) is 24.1. The molecule has 1 heterocycles. The van der Waals surface area contributed by atoms with Crippen molar-refractivity contribution >= 4 is 18.0 Å². The predicted molar refractivity (Wildman–Crippen MR) is 128 cm³/mol. The summed E-state index contributed by atoms with van der Waals surface area (Å²) in [7, 11) is 0. The van der Waals surface area contributed by atoms with Crippen LogP contribution in [-0.4, -0.2) is 54.2 Å². The lowest BCUT2D eigenvalue weighted by atomic mass is 9.80. The summed E-state index contributed by atoms with van der Waals surface area (Å²) in [5.74, 6) is -0.712. The number of likely N-dealkylation sites (tertiary alicyclic amines) is 1. The fraction of sp³-hybridized carbons (Fsp3) is 0.444. The highest BCUT2D eigenvalue weighted by Crippen LogP contribution is 2.44. The molecule has 2 aromatic carbocycles. The van der Waals surface area contributed by atoms with E-state index in [-0.39, 0.29) is 18.4 Å². The third-order valence-corrected chi connectivity index (χ3v) is 7.17. The molecule has 0 unspecified atom stereocenters. The van der Waals surface area contributed by atoms with Crippen LogP contribution in [0.2, 0.25) is 0 Å². The van der Waals surface area contributed by atoms with Gasteiger partial charge in [-0.25, -0.2) is 4.79 Å². The average Bonchev–Trinajstić information content (AvgIpc) is 3.16. The van der Waals surface area contributed by atoms with Crippen LogP contribution in [0, 0.1) is 5.41 Å². The quantitative estimate of drug-likeness (QED) is 0.564. The highest BCUT2D eigenvalue weighted by Gasteiger charge is 2.37. The number of piperidine rings is 1. The average molecular weight is 465 g/mol. The van der Waals surface area contributed by atoms with E-state index in [2.05, 4.69) is 29.6 Å². The minimum atomic E-state index is -0.793. The van der Waals surface area contributed by atoms with Gasteiger partial charge in [0.15, 0.2) is 0 Å². The first-order valence-electron chi connectivity index (χ1n) is 12.0. The Morgan fingerprint density at radius 3 is 2.18 bits per heavy atom. The van der Waals surface area contributed by atoms with E-state index in [0.717, 1.165) is 0 Å². The lowest BCUT2D eigenvalue weighted by Crippen LogP contribution is -2.45. The van der Waals surface area contributed by atoms with Crippen LogP contribution in [0.25, 0.3) is 11.1 Å². The number of aliphatic carboxylic acids is 1. The Balaban J connectivity index is 1.15. The van der Waals surface area contributed by atoms with Gasteiger partial charge in [0.25, 0.3) is 0 Å². The van der Waals surface area contributed by atoms with Crippen LogP contribution in [0.4, 0.5) is 4.79 Å². The highest BCUT2D eigenvalue weighted by molar-refractivity contribution is 5.79. The number of carboxylic acids is 1. The molecule has 1 aliphatic carbocycles. The van der Waals surface area contributed by atoms with Gasteiger partial charge < -0.3 is 20.1 Å². The van der Waals surface area contributed by atoms with Gasteiger partial charge >= 0.3 is 12.1 Å². The summed E-state index contributed by atoms with van der Waals surface area (Å²) in [6, 6.07) is 16.4. The van der Waals surface area contributed by atoms with Crippen LogP contribution in [0.5, 0.6) is 0 Å². The van der Waals surface area contributed by atoms with Crippen LogP contribution in [-0.2, 0) is 14.3 Å². The fourth-order valence-electron chi connectivity index (χ4n) is 4.86. The third-order valence-electron chi connectivity index (χ3n) is 7.17. The summed E-state index contributed by atoms with van der Waals surface area (Å²) < 4.78 is 5.53. The van der Waals surface area contributed by atoms with E-state index < -0.39 is 17.5 Å². The molecule has 0 saturated carbocycles. The molecule has 180 valence electrons. The summed E-state index contributed by atoms with van der Waals surface area (Å²) in [5, 5.41) is 12.1. The number of fused-ring (bicyclic) bond motifs is 3. The Kier molecular flexibility index (Phi) is 7.20. The number of nitrogens with zero attached hydrogens (tertiary/aromatic N) is 1. The monoisotopic (exact) mass is 464 g/mol. The number of nitrogens with one attached hydrogen (secondary N) is 1. The van der Waals surface area contributed by atoms with E-state index in [9.17, 15) is 19.5 Å². The minimum absolute atomic E-state index is 0.0308. The van der Waals surface area contributed by atoms with Crippen molar-refractivity contribution in [2.24, 2.45) is 5.41 Å². The first-order chi connectivity index (χ1) is 16.4. The summed E-state index contributed by atoms with van der Waals surface area (Å²) in [5.41, 5.74) is 4.01. The van der Waals surface area contributed by atoms with Gasteiger partial charge in [-0.15, -0.1) is 0 Å². The lowest BCUT2D eigenvalue weighted by molar-refractivity contribution is -0.153. The van der Waals surface area contributed by atoms with Crippen molar-refractivity contribution in [2.45, 2.75) is 44.9 Å². The molecule has 4 rings (SSSR count). The van der Waals surface area contributed by atoms with E-state index in [1.165, 1.54) is 22.3 Å². The van der Waals surface area contributed by atoms with Crippen molar-refractivity contribution in [2.75, 3.05) is 26.2 Å². The maximum Gasteiger partial charge on any atom is 0.407 e. The number of hydrogen-bond acceptors (Lipinski definition) is 4. The second-order valence-corrected chi connectivity index (χ2v) is 9.46. The Morgan fingerprint density at radius 2 is 1.59 bits per heavy atom. The number of amides is 2. The normalized spacial score (nSPS) is 16.4. The van der Waals surface area contributed by atoms with Crippen LogP contribution in [0.3, 0.4) is 0 Å². The van der Waals surface area contributed by atoms with Crippen LogP contribution in [0.15, 0.2) is 48.5 Å².